The topological polar surface area (TPSA) is 76.7 Å². The SMILES string of the molecule is COc1ccc(NC(=O)NC(=O)C(C)C)cc1OC. The van der Waals surface area contributed by atoms with Crippen LogP contribution in [-0.2, 0) is 4.79 Å². The standard InChI is InChI=1S/C13H18N2O4/c1-8(2)12(16)15-13(17)14-9-5-6-10(18-3)11(7-9)19-4/h5-8H,1-4H3,(H2,14,15,16,17). The number of nitrogens with one attached hydrogen (secondary N) is 2. The van der Waals surface area contributed by atoms with Gasteiger partial charge in [-0.3, -0.25) is 10.1 Å². The fourth-order valence-corrected chi connectivity index (χ4v) is 1.33. The van der Waals surface area contributed by atoms with Crippen molar-refractivity contribution in [2.24, 2.45) is 5.92 Å². The molecule has 2 N–H and O–H groups in total. The Morgan fingerprint density at radius 1 is 1.11 bits per heavy atom. The van der Waals surface area contributed by atoms with Crippen LogP contribution in [0, 0.1) is 5.92 Å². The van der Waals surface area contributed by atoms with E-state index in [0.717, 1.165) is 0 Å². The second-order valence-corrected chi connectivity index (χ2v) is 4.17. The zero-order valence-electron chi connectivity index (χ0n) is 11.4. The number of urea groups is 1. The Hall–Kier alpha value is -2.24. The molecule has 0 bridgehead atoms. The van der Waals surface area contributed by atoms with Crippen molar-refractivity contribution in [3.63, 3.8) is 0 Å². The minimum atomic E-state index is -0.578. The third-order valence-electron chi connectivity index (χ3n) is 2.40. The molecule has 0 saturated carbocycles. The van der Waals surface area contributed by atoms with Crippen LogP contribution < -0.4 is 20.1 Å². The second-order valence-electron chi connectivity index (χ2n) is 4.17. The number of rotatable bonds is 4. The van der Waals surface area contributed by atoms with Crippen LogP contribution >= 0.6 is 0 Å². The Balaban J connectivity index is 2.72. The molecule has 0 aromatic heterocycles. The van der Waals surface area contributed by atoms with Crippen LogP contribution in [0.15, 0.2) is 18.2 Å². The summed E-state index contributed by atoms with van der Waals surface area (Å²) in [5.74, 6) is 0.469. The Morgan fingerprint density at radius 2 is 1.74 bits per heavy atom. The van der Waals surface area contributed by atoms with Crippen LogP contribution in [0.4, 0.5) is 10.5 Å². The highest BCUT2D eigenvalue weighted by Crippen LogP contribution is 2.29. The Morgan fingerprint density at radius 3 is 2.26 bits per heavy atom. The van der Waals surface area contributed by atoms with Crippen molar-refractivity contribution in [1.29, 1.82) is 0 Å². The van der Waals surface area contributed by atoms with Gasteiger partial charge in [-0.05, 0) is 12.1 Å². The number of methoxy groups -OCH3 is 2. The first kappa shape index (κ1) is 14.8. The highest BCUT2D eigenvalue weighted by atomic mass is 16.5. The lowest BCUT2D eigenvalue weighted by atomic mass is 10.2. The maximum atomic E-state index is 11.6. The van der Waals surface area contributed by atoms with Gasteiger partial charge in [-0.15, -0.1) is 0 Å². The van der Waals surface area contributed by atoms with Gasteiger partial charge in [-0.2, -0.15) is 0 Å². The van der Waals surface area contributed by atoms with Crippen molar-refractivity contribution in [3.05, 3.63) is 18.2 Å². The van der Waals surface area contributed by atoms with E-state index >= 15 is 0 Å². The molecule has 0 aliphatic rings. The van der Waals surface area contributed by atoms with E-state index in [0.29, 0.717) is 17.2 Å². The molecule has 0 fully saturated rings. The maximum Gasteiger partial charge on any atom is 0.325 e. The maximum absolute atomic E-state index is 11.6. The number of imide groups is 1. The number of carbonyl (C=O) groups excluding carboxylic acids is 2. The van der Waals surface area contributed by atoms with Gasteiger partial charge in [0.05, 0.1) is 14.2 Å². The molecule has 1 aromatic rings. The van der Waals surface area contributed by atoms with Crippen molar-refractivity contribution < 1.29 is 19.1 Å². The van der Waals surface area contributed by atoms with E-state index in [-0.39, 0.29) is 11.8 Å². The average molecular weight is 266 g/mol. The predicted molar refractivity (Wildman–Crippen MR) is 71.5 cm³/mol. The van der Waals surface area contributed by atoms with Crippen LogP contribution in [0.5, 0.6) is 11.5 Å². The molecule has 6 nitrogen and oxygen atoms in total. The number of hydrogen-bond donors (Lipinski definition) is 2. The quantitative estimate of drug-likeness (QED) is 0.874. The summed E-state index contributed by atoms with van der Waals surface area (Å²) in [4.78, 5) is 22.9. The van der Waals surface area contributed by atoms with Gasteiger partial charge >= 0.3 is 6.03 Å². The monoisotopic (exact) mass is 266 g/mol. The van der Waals surface area contributed by atoms with Crippen LogP contribution in [0.3, 0.4) is 0 Å². The molecule has 0 unspecified atom stereocenters. The van der Waals surface area contributed by atoms with Crippen molar-refractivity contribution in [2.45, 2.75) is 13.8 Å². The number of benzene rings is 1. The molecule has 0 spiro atoms. The number of anilines is 1. The summed E-state index contributed by atoms with van der Waals surface area (Å²) in [6, 6.07) is 4.35. The number of carbonyl (C=O) groups is 2. The fraction of sp³-hybridized carbons (Fsp3) is 0.385. The molecule has 1 rings (SSSR count). The Labute approximate surface area is 112 Å². The predicted octanol–water partition coefficient (Wildman–Crippen LogP) is 2.01. The molecule has 0 heterocycles. The summed E-state index contributed by atoms with van der Waals surface area (Å²) in [6.07, 6.45) is 0. The van der Waals surface area contributed by atoms with Crippen molar-refractivity contribution >= 4 is 17.6 Å². The summed E-state index contributed by atoms with van der Waals surface area (Å²) in [7, 11) is 3.03. The minimum absolute atomic E-state index is 0.254. The minimum Gasteiger partial charge on any atom is -0.493 e. The molecular weight excluding hydrogens is 248 g/mol. The van der Waals surface area contributed by atoms with Crippen LogP contribution in [0.25, 0.3) is 0 Å². The summed E-state index contributed by atoms with van der Waals surface area (Å²) >= 11 is 0. The van der Waals surface area contributed by atoms with E-state index in [1.54, 1.807) is 32.0 Å². The lowest BCUT2D eigenvalue weighted by Crippen LogP contribution is -2.36. The normalized spacial score (nSPS) is 9.95. The molecule has 104 valence electrons. The lowest BCUT2D eigenvalue weighted by Gasteiger charge is -2.11. The van der Waals surface area contributed by atoms with E-state index in [1.807, 2.05) is 0 Å². The first-order chi connectivity index (χ1) is 8.97. The van der Waals surface area contributed by atoms with Gasteiger partial charge in [0.1, 0.15) is 0 Å². The van der Waals surface area contributed by atoms with Gasteiger partial charge in [0, 0.05) is 17.7 Å². The van der Waals surface area contributed by atoms with Crippen LogP contribution in [0.1, 0.15) is 13.8 Å². The van der Waals surface area contributed by atoms with E-state index in [9.17, 15) is 9.59 Å². The van der Waals surface area contributed by atoms with Gasteiger partial charge in [0.25, 0.3) is 0 Å². The third-order valence-corrected chi connectivity index (χ3v) is 2.40. The summed E-state index contributed by atoms with van der Waals surface area (Å²) in [5, 5.41) is 4.78. The zero-order valence-corrected chi connectivity index (χ0v) is 11.4. The summed E-state index contributed by atoms with van der Waals surface area (Å²) < 4.78 is 10.2. The summed E-state index contributed by atoms with van der Waals surface area (Å²) in [5.41, 5.74) is 0.506. The van der Waals surface area contributed by atoms with Crippen LogP contribution in [0.2, 0.25) is 0 Å². The van der Waals surface area contributed by atoms with Crippen molar-refractivity contribution in [2.75, 3.05) is 19.5 Å². The number of hydrogen-bond acceptors (Lipinski definition) is 4. The number of amides is 3. The van der Waals surface area contributed by atoms with E-state index in [2.05, 4.69) is 10.6 Å². The zero-order chi connectivity index (χ0) is 14.4. The largest absolute Gasteiger partial charge is 0.493 e. The van der Waals surface area contributed by atoms with Gasteiger partial charge in [-0.1, -0.05) is 13.8 Å². The first-order valence-electron chi connectivity index (χ1n) is 5.81. The van der Waals surface area contributed by atoms with Gasteiger partial charge < -0.3 is 14.8 Å². The molecule has 19 heavy (non-hydrogen) atoms. The highest BCUT2D eigenvalue weighted by molar-refractivity contribution is 6.01. The van der Waals surface area contributed by atoms with Gasteiger partial charge in [0.15, 0.2) is 11.5 Å². The van der Waals surface area contributed by atoms with Crippen LogP contribution in [-0.4, -0.2) is 26.2 Å². The van der Waals surface area contributed by atoms with Crippen molar-refractivity contribution in [3.8, 4) is 11.5 Å². The molecule has 0 radical (unpaired) electrons. The van der Waals surface area contributed by atoms with E-state index in [1.165, 1.54) is 14.2 Å². The van der Waals surface area contributed by atoms with E-state index < -0.39 is 6.03 Å². The molecule has 0 aliphatic carbocycles. The van der Waals surface area contributed by atoms with Gasteiger partial charge in [-0.25, -0.2) is 4.79 Å². The Kier molecular flexibility index (Phi) is 5.17. The smallest absolute Gasteiger partial charge is 0.325 e. The second kappa shape index (κ2) is 6.63. The molecule has 0 saturated heterocycles. The van der Waals surface area contributed by atoms with Gasteiger partial charge in [0.2, 0.25) is 5.91 Å². The molecule has 3 amide bonds. The third kappa shape index (κ3) is 4.17. The average Bonchev–Trinajstić information content (AvgIpc) is 2.38. The molecule has 0 aliphatic heterocycles. The Bertz CT molecular complexity index is 472. The fourth-order valence-electron chi connectivity index (χ4n) is 1.33. The first-order valence-corrected chi connectivity index (χ1v) is 5.81. The molecular formula is C13H18N2O4. The van der Waals surface area contributed by atoms with E-state index in [4.69, 9.17) is 9.47 Å². The molecule has 1 aromatic carbocycles. The lowest BCUT2D eigenvalue weighted by molar-refractivity contribution is -0.122. The highest BCUT2D eigenvalue weighted by Gasteiger charge is 2.12. The summed E-state index contributed by atoms with van der Waals surface area (Å²) in [6.45, 7) is 3.41. The molecule has 0 atom stereocenters. The van der Waals surface area contributed by atoms with Crippen molar-refractivity contribution in [1.82, 2.24) is 5.32 Å². The molecule has 6 heteroatoms. The number of ether oxygens (including phenoxy) is 2.